The first-order valence-corrected chi connectivity index (χ1v) is 8.49. The molecular formula is C18H20ClN3O5. The number of esters is 1. The fourth-order valence-electron chi connectivity index (χ4n) is 2.28. The number of methoxy groups -OCH3 is 1. The highest BCUT2D eigenvalue weighted by Crippen LogP contribution is 2.22. The summed E-state index contributed by atoms with van der Waals surface area (Å²) < 4.78 is 10.9. The van der Waals surface area contributed by atoms with Crippen LogP contribution in [0.5, 0.6) is 0 Å². The van der Waals surface area contributed by atoms with E-state index < -0.39 is 24.1 Å². The van der Waals surface area contributed by atoms with Crippen LogP contribution in [0.4, 0.5) is 4.79 Å². The lowest BCUT2D eigenvalue weighted by Gasteiger charge is -2.12. The van der Waals surface area contributed by atoms with Gasteiger partial charge < -0.3 is 9.47 Å². The van der Waals surface area contributed by atoms with E-state index in [0.29, 0.717) is 12.2 Å². The van der Waals surface area contributed by atoms with Crippen LogP contribution in [0, 0.1) is 13.8 Å². The van der Waals surface area contributed by atoms with Gasteiger partial charge >= 0.3 is 12.1 Å². The summed E-state index contributed by atoms with van der Waals surface area (Å²) in [4.78, 5) is 35.3. The molecule has 9 heteroatoms. The van der Waals surface area contributed by atoms with Crippen molar-refractivity contribution >= 4 is 29.6 Å². The van der Waals surface area contributed by atoms with Crippen molar-refractivity contribution in [2.45, 2.75) is 33.4 Å². The molecule has 2 amide bonds. The van der Waals surface area contributed by atoms with Crippen molar-refractivity contribution in [3.63, 3.8) is 0 Å². The molecule has 0 aliphatic carbocycles. The summed E-state index contributed by atoms with van der Waals surface area (Å²) in [6, 6.07) is 7.83. The van der Waals surface area contributed by atoms with Crippen molar-refractivity contribution in [2.24, 2.45) is 0 Å². The first-order valence-electron chi connectivity index (χ1n) is 8.11. The molecule has 0 spiro atoms. The molecule has 1 heterocycles. The molecule has 1 N–H and O–H groups in total. The van der Waals surface area contributed by atoms with Gasteiger partial charge in [-0.3, -0.25) is 10.1 Å². The molecule has 0 bridgehead atoms. The number of rotatable bonds is 5. The average Bonchev–Trinajstić information content (AvgIpc) is 2.90. The van der Waals surface area contributed by atoms with Crippen molar-refractivity contribution in [3.8, 4) is 0 Å². The third-order valence-electron chi connectivity index (χ3n) is 3.79. The molecule has 0 radical (unpaired) electrons. The maximum Gasteiger partial charge on any atom is 0.413 e. The van der Waals surface area contributed by atoms with Gasteiger partial charge in [0.05, 0.1) is 19.3 Å². The smallest absolute Gasteiger partial charge is 0.413 e. The zero-order chi connectivity index (χ0) is 20.1. The molecule has 2 rings (SSSR count). The summed E-state index contributed by atoms with van der Waals surface area (Å²) in [6.45, 7) is 5.31. The number of benzene rings is 1. The molecule has 144 valence electrons. The van der Waals surface area contributed by atoms with E-state index in [1.165, 1.54) is 11.6 Å². The highest BCUT2D eigenvalue weighted by atomic mass is 35.5. The van der Waals surface area contributed by atoms with Crippen LogP contribution in [0.2, 0.25) is 5.15 Å². The number of nitrogens with zero attached hydrogens (tertiary/aromatic N) is 2. The standard InChI is InChI=1S/C18H20ClN3O5/c1-10-5-7-13(8-6-10)9-22-15(19)14(11(2)21-22)17(24)27-12(3)16(23)20-18(25)26-4/h5-8,12H,9H2,1-4H3,(H,20,23,25)/t12-/m0/s1. The van der Waals surface area contributed by atoms with E-state index in [4.69, 9.17) is 16.3 Å². The molecule has 0 unspecified atom stereocenters. The first-order chi connectivity index (χ1) is 12.7. The second-order valence-electron chi connectivity index (χ2n) is 5.92. The quantitative estimate of drug-likeness (QED) is 0.784. The summed E-state index contributed by atoms with van der Waals surface area (Å²) in [5, 5.41) is 6.31. The Morgan fingerprint density at radius 3 is 2.44 bits per heavy atom. The van der Waals surface area contributed by atoms with E-state index in [2.05, 4.69) is 9.84 Å². The lowest BCUT2D eigenvalue weighted by Crippen LogP contribution is -2.39. The topological polar surface area (TPSA) is 99.5 Å². The minimum atomic E-state index is -1.22. The van der Waals surface area contributed by atoms with Crippen molar-refractivity contribution in [3.05, 3.63) is 51.8 Å². The number of carbonyl (C=O) groups excluding carboxylic acids is 3. The Morgan fingerprint density at radius 2 is 1.85 bits per heavy atom. The maximum absolute atomic E-state index is 12.4. The third-order valence-corrected chi connectivity index (χ3v) is 4.17. The zero-order valence-corrected chi connectivity index (χ0v) is 16.2. The van der Waals surface area contributed by atoms with Gasteiger partial charge in [0.25, 0.3) is 5.91 Å². The number of nitrogens with one attached hydrogen (secondary N) is 1. The normalized spacial score (nSPS) is 11.6. The lowest BCUT2D eigenvalue weighted by molar-refractivity contribution is -0.128. The Kier molecular flexibility index (Phi) is 6.57. The number of aromatic nitrogens is 2. The summed E-state index contributed by atoms with van der Waals surface area (Å²) >= 11 is 6.30. The molecule has 0 aliphatic heterocycles. The number of hydrogen-bond acceptors (Lipinski definition) is 6. The van der Waals surface area contributed by atoms with Gasteiger partial charge in [0, 0.05) is 0 Å². The number of hydrogen-bond donors (Lipinski definition) is 1. The highest BCUT2D eigenvalue weighted by Gasteiger charge is 2.26. The van der Waals surface area contributed by atoms with Gasteiger partial charge in [0.15, 0.2) is 6.10 Å². The zero-order valence-electron chi connectivity index (χ0n) is 15.4. The summed E-state index contributed by atoms with van der Waals surface area (Å²) in [7, 11) is 1.12. The molecular weight excluding hydrogens is 374 g/mol. The minimum absolute atomic E-state index is 0.0708. The van der Waals surface area contributed by atoms with Gasteiger partial charge in [0.1, 0.15) is 10.7 Å². The van der Waals surface area contributed by atoms with Crippen LogP contribution >= 0.6 is 11.6 Å². The number of alkyl carbamates (subject to hydrolysis) is 1. The summed E-state index contributed by atoms with van der Waals surface area (Å²) in [5.41, 5.74) is 2.54. The molecule has 0 saturated carbocycles. The molecule has 0 aliphatic rings. The van der Waals surface area contributed by atoms with Crippen LogP contribution < -0.4 is 5.32 Å². The molecule has 1 aromatic carbocycles. The Balaban J connectivity index is 2.12. The molecule has 27 heavy (non-hydrogen) atoms. The maximum atomic E-state index is 12.4. The number of ether oxygens (including phenoxy) is 2. The van der Waals surface area contributed by atoms with Crippen LogP contribution in [0.3, 0.4) is 0 Å². The van der Waals surface area contributed by atoms with E-state index in [1.807, 2.05) is 36.5 Å². The number of imide groups is 1. The highest BCUT2D eigenvalue weighted by molar-refractivity contribution is 6.32. The first kappa shape index (κ1) is 20.4. The predicted octanol–water partition coefficient (Wildman–Crippen LogP) is 2.63. The lowest BCUT2D eigenvalue weighted by atomic mass is 10.1. The number of amides is 2. The Labute approximate surface area is 161 Å². The van der Waals surface area contributed by atoms with Crippen LogP contribution in [0.1, 0.15) is 34.1 Å². The van der Waals surface area contributed by atoms with Crippen LogP contribution in [0.15, 0.2) is 24.3 Å². The number of halogens is 1. The Hall–Kier alpha value is -2.87. The van der Waals surface area contributed by atoms with E-state index in [1.54, 1.807) is 6.92 Å². The van der Waals surface area contributed by atoms with Gasteiger partial charge in [-0.25, -0.2) is 14.3 Å². The van der Waals surface area contributed by atoms with Gasteiger partial charge in [-0.1, -0.05) is 41.4 Å². The Bertz CT molecular complexity index is 861. The summed E-state index contributed by atoms with van der Waals surface area (Å²) in [5.74, 6) is -1.61. The SMILES string of the molecule is COC(=O)NC(=O)[C@H](C)OC(=O)c1c(C)nn(Cc2ccc(C)cc2)c1Cl. The van der Waals surface area contributed by atoms with Crippen molar-refractivity contribution in [1.29, 1.82) is 0 Å². The largest absolute Gasteiger partial charge is 0.453 e. The van der Waals surface area contributed by atoms with Gasteiger partial charge in [-0.05, 0) is 26.3 Å². The number of aryl methyl sites for hydroxylation is 2. The van der Waals surface area contributed by atoms with Crippen molar-refractivity contribution in [1.82, 2.24) is 15.1 Å². The van der Waals surface area contributed by atoms with Gasteiger partial charge in [-0.15, -0.1) is 0 Å². The average molecular weight is 394 g/mol. The predicted molar refractivity (Wildman–Crippen MR) is 97.7 cm³/mol. The second kappa shape index (κ2) is 8.68. The Morgan fingerprint density at radius 1 is 1.22 bits per heavy atom. The number of carbonyl (C=O) groups is 3. The van der Waals surface area contributed by atoms with Crippen LogP contribution in [-0.4, -0.2) is 41.0 Å². The van der Waals surface area contributed by atoms with E-state index in [0.717, 1.165) is 18.2 Å². The molecule has 8 nitrogen and oxygen atoms in total. The monoisotopic (exact) mass is 393 g/mol. The molecule has 1 atom stereocenters. The molecule has 1 aromatic heterocycles. The third kappa shape index (κ3) is 5.07. The van der Waals surface area contributed by atoms with Gasteiger partial charge in [0.2, 0.25) is 0 Å². The minimum Gasteiger partial charge on any atom is -0.453 e. The summed E-state index contributed by atoms with van der Waals surface area (Å²) in [6.07, 6.45) is -2.16. The van der Waals surface area contributed by atoms with E-state index in [-0.39, 0.29) is 10.7 Å². The van der Waals surface area contributed by atoms with Crippen molar-refractivity contribution < 1.29 is 23.9 Å². The van der Waals surface area contributed by atoms with E-state index >= 15 is 0 Å². The van der Waals surface area contributed by atoms with E-state index in [9.17, 15) is 14.4 Å². The second-order valence-corrected chi connectivity index (χ2v) is 6.28. The molecule has 2 aromatic rings. The molecule has 0 fully saturated rings. The fourth-order valence-corrected chi connectivity index (χ4v) is 2.59. The van der Waals surface area contributed by atoms with Crippen LogP contribution in [-0.2, 0) is 20.8 Å². The van der Waals surface area contributed by atoms with Crippen molar-refractivity contribution in [2.75, 3.05) is 7.11 Å². The van der Waals surface area contributed by atoms with Gasteiger partial charge in [-0.2, -0.15) is 5.10 Å². The van der Waals surface area contributed by atoms with Crippen LogP contribution in [0.25, 0.3) is 0 Å². The molecule has 0 saturated heterocycles. The fraction of sp³-hybridized carbons (Fsp3) is 0.333.